The van der Waals surface area contributed by atoms with Crippen LogP contribution in [0.25, 0.3) is 0 Å². The van der Waals surface area contributed by atoms with Crippen LogP contribution in [0.1, 0.15) is 50.7 Å². The van der Waals surface area contributed by atoms with Crippen molar-refractivity contribution in [1.82, 2.24) is 10.3 Å². The summed E-state index contributed by atoms with van der Waals surface area (Å²) in [5.74, 6) is 1.80. The van der Waals surface area contributed by atoms with Crippen LogP contribution < -0.4 is 15.4 Å². The van der Waals surface area contributed by atoms with E-state index in [4.69, 9.17) is 9.47 Å². The first kappa shape index (κ1) is 20.0. The van der Waals surface area contributed by atoms with E-state index in [0.717, 1.165) is 5.56 Å². The summed E-state index contributed by atoms with van der Waals surface area (Å²) < 4.78 is 11.3. The number of phenolic OH excluding ortho intramolecular Hbond substituents is 1. The number of hydrogen-bond acceptors (Lipinski definition) is 6. The average molecular weight is 411 g/mol. The Labute approximate surface area is 174 Å². The molecule has 8 heteroatoms. The second-order valence-electron chi connectivity index (χ2n) is 8.60. The van der Waals surface area contributed by atoms with Crippen molar-refractivity contribution < 1.29 is 24.2 Å². The van der Waals surface area contributed by atoms with Gasteiger partial charge in [0.05, 0.1) is 0 Å². The predicted molar refractivity (Wildman–Crippen MR) is 110 cm³/mol. The maximum absolute atomic E-state index is 12.0. The summed E-state index contributed by atoms with van der Waals surface area (Å²) in [5, 5.41) is 15.9. The van der Waals surface area contributed by atoms with Crippen molar-refractivity contribution in [3.05, 3.63) is 41.6 Å². The molecule has 1 saturated carbocycles. The first-order valence-corrected chi connectivity index (χ1v) is 9.97. The van der Waals surface area contributed by atoms with E-state index in [1.807, 2.05) is 20.8 Å². The summed E-state index contributed by atoms with van der Waals surface area (Å²) in [6, 6.07) is 6.72. The minimum Gasteiger partial charge on any atom is -0.508 e. The number of alkyl carbamates (subject to hydrolysis) is 1. The highest BCUT2D eigenvalue weighted by molar-refractivity contribution is 5.93. The highest BCUT2D eigenvalue weighted by atomic mass is 16.6. The van der Waals surface area contributed by atoms with Gasteiger partial charge in [-0.05, 0) is 57.9 Å². The lowest BCUT2D eigenvalue weighted by atomic mass is 10.1. The molecule has 1 aliphatic carbocycles. The number of benzene rings is 1. The SMILES string of the molecule is CC(C)(C)OC(=O)NC1CC1c1cc(Oc2ccnc3c2CCC(=O)N3)ccc1O. The lowest BCUT2D eigenvalue weighted by Crippen LogP contribution is -2.34. The summed E-state index contributed by atoms with van der Waals surface area (Å²) in [5.41, 5.74) is 1.00. The number of carbonyl (C=O) groups is 2. The zero-order valence-corrected chi connectivity index (χ0v) is 17.2. The van der Waals surface area contributed by atoms with Crippen LogP contribution in [0.2, 0.25) is 0 Å². The molecule has 30 heavy (non-hydrogen) atoms. The quantitative estimate of drug-likeness (QED) is 0.705. The van der Waals surface area contributed by atoms with Gasteiger partial charge in [-0.2, -0.15) is 0 Å². The maximum Gasteiger partial charge on any atom is 0.407 e. The molecule has 1 aromatic carbocycles. The Morgan fingerprint density at radius 3 is 2.83 bits per heavy atom. The number of hydrogen-bond donors (Lipinski definition) is 3. The molecule has 8 nitrogen and oxygen atoms in total. The lowest BCUT2D eigenvalue weighted by Gasteiger charge is -2.20. The molecule has 2 unspecified atom stereocenters. The number of aromatic nitrogens is 1. The molecule has 0 bridgehead atoms. The fourth-order valence-electron chi connectivity index (χ4n) is 3.53. The number of carbonyl (C=O) groups excluding carboxylic acids is 2. The van der Waals surface area contributed by atoms with Gasteiger partial charge in [-0.3, -0.25) is 4.79 Å². The second-order valence-corrected chi connectivity index (χ2v) is 8.60. The molecule has 0 radical (unpaired) electrons. The highest BCUT2D eigenvalue weighted by Crippen LogP contribution is 2.46. The number of nitrogens with one attached hydrogen (secondary N) is 2. The number of anilines is 1. The van der Waals surface area contributed by atoms with E-state index in [2.05, 4.69) is 15.6 Å². The van der Waals surface area contributed by atoms with E-state index in [0.29, 0.717) is 42.1 Å². The summed E-state index contributed by atoms with van der Waals surface area (Å²) in [6.07, 6.45) is 2.78. The van der Waals surface area contributed by atoms with Gasteiger partial charge in [-0.1, -0.05) is 0 Å². The van der Waals surface area contributed by atoms with Gasteiger partial charge in [0.15, 0.2) is 0 Å². The molecular formula is C22H25N3O5. The third kappa shape index (κ3) is 4.48. The predicted octanol–water partition coefficient (Wildman–Crippen LogP) is 3.84. The molecule has 2 heterocycles. The Balaban J connectivity index is 1.47. The normalized spacial score (nSPS) is 20.0. The molecule has 0 saturated heterocycles. The molecule has 4 rings (SSSR count). The third-order valence-corrected chi connectivity index (χ3v) is 4.99. The van der Waals surface area contributed by atoms with Gasteiger partial charge >= 0.3 is 6.09 Å². The molecule has 1 fully saturated rings. The van der Waals surface area contributed by atoms with Crippen LogP contribution in [0.4, 0.5) is 10.6 Å². The summed E-state index contributed by atoms with van der Waals surface area (Å²) in [6.45, 7) is 5.44. The fourth-order valence-corrected chi connectivity index (χ4v) is 3.53. The van der Waals surface area contributed by atoms with Crippen molar-refractivity contribution in [2.45, 2.75) is 57.6 Å². The fraction of sp³-hybridized carbons (Fsp3) is 0.409. The Kier molecular flexibility index (Phi) is 5.01. The molecule has 2 atom stereocenters. The minimum atomic E-state index is -0.562. The lowest BCUT2D eigenvalue weighted by molar-refractivity contribution is -0.116. The number of ether oxygens (including phenoxy) is 2. The number of fused-ring (bicyclic) bond motifs is 1. The molecule has 1 aliphatic heterocycles. The minimum absolute atomic E-state index is 0.00767. The van der Waals surface area contributed by atoms with E-state index in [1.165, 1.54) is 0 Å². The molecule has 1 aromatic heterocycles. The van der Waals surface area contributed by atoms with Crippen molar-refractivity contribution in [2.75, 3.05) is 5.32 Å². The number of phenols is 1. The summed E-state index contributed by atoms with van der Waals surface area (Å²) >= 11 is 0. The summed E-state index contributed by atoms with van der Waals surface area (Å²) in [7, 11) is 0. The Morgan fingerprint density at radius 1 is 1.27 bits per heavy atom. The monoisotopic (exact) mass is 411 g/mol. The van der Waals surface area contributed by atoms with Crippen LogP contribution in [0, 0.1) is 0 Å². The van der Waals surface area contributed by atoms with Gasteiger partial charge in [-0.15, -0.1) is 0 Å². The van der Waals surface area contributed by atoms with E-state index in [1.54, 1.807) is 30.5 Å². The largest absolute Gasteiger partial charge is 0.508 e. The zero-order valence-electron chi connectivity index (χ0n) is 17.2. The average Bonchev–Trinajstić information content (AvgIpc) is 3.40. The third-order valence-electron chi connectivity index (χ3n) is 4.99. The Bertz CT molecular complexity index is 999. The van der Waals surface area contributed by atoms with Crippen molar-refractivity contribution in [1.29, 1.82) is 0 Å². The molecule has 2 aromatic rings. The van der Waals surface area contributed by atoms with Gasteiger partial charge in [0, 0.05) is 35.7 Å². The number of amides is 2. The Morgan fingerprint density at radius 2 is 2.07 bits per heavy atom. The standard InChI is InChI=1S/C22H25N3O5/c1-22(2,3)30-21(28)24-16-11-14(16)15-10-12(4-6-17(15)26)29-18-8-9-23-20-13(18)5-7-19(27)25-20/h4,6,8-10,14,16,26H,5,7,11H2,1-3H3,(H,24,28)(H,23,25,27). The topological polar surface area (TPSA) is 110 Å². The first-order chi connectivity index (χ1) is 14.2. The van der Waals surface area contributed by atoms with Crippen molar-refractivity contribution >= 4 is 17.8 Å². The van der Waals surface area contributed by atoms with Gasteiger partial charge < -0.3 is 25.2 Å². The molecule has 2 amide bonds. The van der Waals surface area contributed by atoms with Crippen molar-refractivity contribution in [3.63, 3.8) is 0 Å². The van der Waals surface area contributed by atoms with Crippen LogP contribution in [0.5, 0.6) is 17.2 Å². The first-order valence-electron chi connectivity index (χ1n) is 9.97. The van der Waals surface area contributed by atoms with E-state index >= 15 is 0 Å². The van der Waals surface area contributed by atoms with Gasteiger partial charge in [0.2, 0.25) is 5.91 Å². The zero-order chi connectivity index (χ0) is 21.5. The molecule has 0 spiro atoms. The number of pyridine rings is 1. The molecule has 158 valence electrons. The van der Waals surface area contributed by atoms with Gasteiger partial charge in [0.1, 0.15) is 28.7 Å². The van der Waals surface area contributed by atoms with Gasteiger partial charge in [-0.25, -0.2) is 9.78 Å². The van der Waals surface area contributed by atoms with Crippen LogP contribution in [-0.2, 0) is 16.0 Å². The molecular weight excluding hydrogens is 386 g/mol. The van der Waals surface area contributed by atoms with Crippen LogP contribution >= 0.6 is 0 Å². The van der Waals surface area contributed by atoms with Crippen molar-refractivity contribution in [3.8, 4) is 17.2 Å². The van der Waals surface area contributed by atoms with Crippen LogP contribution in [-0.4, -0.2) is 33.7 Å². The number of aromatic hydroxyl groups is 1. The van der Waals surface area contributed by atoms with E-state index < -0.39 is 11.7 Å². The highest BCUT2D eigenvalue weighted by Gasteiger charge is 2.42. The molecule has 2 aliphatic rings. The van der Waals surface area contributed by atoms with E-state index in [-0.39, 0.29) is 23.6 Å². The van der Waals surface area contributed by atoms with Gasteiger partial charge in [0.25, 0.3) is 0 Å². The number of nitrogens with zero attached hydrogens (tertiary/aromatic N) is 1. The second kappa shape index (κ2) is 7.51. The van der Waals surface area contributed by atoms with E-state index in [9.17, 15) is 14.7 Å². The number of rotatable bonds is 4. The smallest absolute Gasteiger partial charge is 0.407 e. The van der Waals surface area contributed by atoms with Crippen LogP contribution in [0.3, 0.4) is 0 Å². The van der Waals surface area contributed by atoms with Crippen molar-refractivity contribution in [2.24, 2.45) is 0 Å². The maximum atomic E-state index is 12.0. The van der Waals surface area contributed by atoms with Crippen LogP contribution in [0.15, 0.2) is 30.5 Å². The molecule has 3 N–H and O–H groups in total. The Hall–Kier alpha value is -3.29. The summed E-state index contributed by atoms with van der Waals surface area (Å²) in [4.78, 5) is 27.8.